The van der Waals surface area contributed by atoms with Crippen molar-refractivity contribution in [2.75, 3.05) is 24.7 Å². The van der Waals surface area contributed by atoms with Gasteiger partial charge in [0.25, 0.3) is 5.91 Å². The molecule has 2 heterocycles. The van der Waals surface area contributed by atoms with Crippen LogP contribution in [0.5, 0.6) is 0 Å². The number of likely N-dealkylation sites (tertiary alicyclic amines) is 1. The van der Waals surface area contributed by atoms with E-state index in [-0.39, 0.29) is 17.9 Å². The molecular weight excluding hydrogens is 306 g/mol. The Morgan fingerprint density at radius 1 is 1.21 bits per heavy atom. The summed E-state index contributed by atoms with van der Waals surface area (Å²) in [6, 6.07) is 9.24. The van der Waals surface area contributed by atoms with Gasteiger partial charge in [-0.1, -0.05) is 18.2 Å². The van der Waals surface area contributed by atoms with Crippen LogP contribution in [0.15, 0.2) is 35.4 Å². The van der Waals surface area contributed by atoms with Gasteiger partial charge in [0.15, 0.2) is 0 Å². The Kier molecular flexibility index (Phi) is 5.25. The van der Waals surface area contributed by atoms with Crippen LogP contribution < -0.4 is 5.01 Å². The summed E-state index contributed by atoms with van der Waals surface area (Å²) in [5.41, 5.74) is 1.16. The Morgan fingerprint density at radius 2 is 1.92 bits per heavy atom. The molecule has 1 aromatic rings. The number of piperidine rings is 1. The number of carbonyl (C=O) groups excluding carboxylic acids is 2. The van der Waals surface area contributed by atoms with Crippen LogP contribution in [0.4, 0.5) is 5.69 Å². The Hall–Kier alpha value is -2.21. The van der Waals surface area contributed by atoms with Crippen LogP contribution in [-0.2, 0) is 14.3 Å². The van der Waals surface area contributed by atoms with E-state index in [0.29, 0.717) is 43.9 Å². The number of anilines is 1. The zero-order valence-corrected chi connectivity index (χ0v) is 14.0. The number of hydrazone groups is 1. The molecule has 6 nitrogen and oxygen atoms in total. The van der Waals surface area contributed by atoms with Crippen molar-refractivity contribution in [1.29, 1.82) is 0 Å². The Morgan fingerprint density at radius 3 is 2.58 bits per heavy atom. The molecule has 1 saturated heterocycles. The van der Waals surface area contributed by atoms with Crippen molar-refractivity contribution in [2.45, 2.75) is 38.7 Å². The quantitative estimate of drug-likeness (QED) is 0.851. The minimum absolute atomic E-state index is 0.0571. The Bertz CT molecular complexity index is 622. The first-order valence-corrected chi connectivity index (χ1v) is 8.55. The number of rotatable bonds is 4. The molecule has 0 radical (unpaired) electrons. The third-order valence-electron chi connectivity index (χ3n) is 4.41. The molecule has 1 aromatic carbocycles. The van der Waals surface area contributed by atoms with E-state index in [1.807, 2.05) is 42.2 Å². The third kappa shape index (κ3) is 3.64. The first-order valence-electron chi connectivity index (χ1n) is 8.55. The molecule has 0 bridgehead atoms. The van der Waals surface area contributed by atoms with Gasteiger partial charge in [0, 0.05) is 32.5 Å². The van der Waals surface area contributed by atoms with E-state index in [4.69, 9.17) is 4.74 Å². The predicted molar refractivity (Wildman–Crippen MR) is 91.8 cm³/mol. The molecule has 0 spiro atoms. The van der Waals surface area contributed by atoms with Crippen molar-refractivity contribution in [2.24, 2.45) is 5.10 Å². The SMILES string of the molecule is CCOC1CCN(C(=O)C2=NN(c3ccccc3)C(=O)CC2)CC1. The standard InChI is InChI=1S/C18H23N3O3/c1-2-24-15-10-12-20(13-11-15)18(23)16-8-9-17(22)21(19-16)14-6-4-3-5-7-14/h3-7,15H,2,8-13H2,1H3. The average molecular weight is 329 g/mol. The lowest BCUT2D eigenvalue weighted by Crippen LogP contribution is -2.46. The number of ether oxygens (including phenoxy) is 1. The van der Waals surface area contributed by atoms with Crippen LogP contribution in [0.2, 0.25) is 0 Å². The molecule has 6 heteroatoms. The number of hydrogen-bond donors (Lipinski definition) is 0. The number of benzene rings is 1. The highest BCUT2D eigenvalue weighted by Gasteiger charge is 2.30. The van der Waals surface area contributed by atoms with Crippen molar-refractivity contribution in [3.8, 4) is 0 Å². The zero-order valence-electron chi connectivity index (χ0n) is 14.0. The van der Waals surface area contributed by atoms with Crippen molar-refractivity contribution >= 4 is 23.2 Å². The molecule has 0 saturated carbocycles. The van der Waals surface area contributed by atoms with Crippen LogP contribution in [0, 0.1) is 0 Å². The molecule has 2 amide bonds. The van der Waals surface area contributed by atoms with E-state index in [1.54, 1.807) is 0 Å². The maximum absolute atomic E-state index is 12.7. The molecule has 0 atom stereocenters. The van der Waals surface area contributed by atoms with E-state index in [2.05, 4.69) is 5.10 Å². The smallest absolute Gasteiger partial charge is 0.270 e. The molecule has 0 unspecified atom stereocenters. The van der Waals surface area contributed by atoms with Gasteiger partial charge in [0.1, 0.15) is 5.71 Å². The molecule has 1 fully saturated rings. The summed E-state index contributed by atoms with van der Waals surface area (Å²) in [6.07, 6.45) is 2.68. The third-order valence-corrected chi connectivity index (χ3v) is 4.41. The van der Waals surface area contributed by atoms with E-state index in [1.165, 1.54) is 5.01 Å². The lowest BCUT2D eigenvalue weighted by molar-refractivity contribution is -0.126. The van der Waals surface area contributed by atoms with E-state index < -0.39 is 0 Å². The van der Waals surface area contributed by atoms with Crippen molar-refractivity contribution in [3.63, 3.8) is 0 Å². The summed E-state index contributed by atoms with van der Waals surface area (Å²) in [4.78, 5) is 26.7. The second-order valence-corrected chi connectivity index (χ2v) is 6.03. The van der Waals surface area contributed by atoms with Crippen LogP contribution in [-0.4, -0.2) is 48.2 Å². The Balaban J connectivity index is 1.70. The van der Waals surface area contributed by atoms with Crippen LogP contribution >= 0.6 is 0 Å². The van der Waals surface area contributed by atoms with E-state index in [0.717, 1.165) is 12.8 Å². The summed E-state index contributed by atoms with van der Waals surface area (Å²) in [6.45, 7) is 4.06. The Labute approximate surface area is 142 Å². The first-order chi connectivity index (χ1) is 11.7. The summed E-state index contributed by atoms with van der Waals surface area (Å²) < 4.78 is 5.62. The number of amides is 2. The number of para-hydroxylation sites is 1. The zero-order chi connectivity index (χ0) is 16.9. The van der Waals surface area contributed by atoms with Gasteiger partial charge in [-0.2, -0.15) is 5.10 Å². The predicted octanol–water partition coefficient (Wildman–Crippen LogP) is 2.20. The summed E-state index contributed by atoms with van der Waals surface area (Å²) in [5.74, 6) is -0.133. The van der Waals surface area contributed by atoms with Gasteiger partial charge in [0.05, 0.1) is 11.8 Å². The lowest BCUT2D eigenvalue weighted by Gasteiger charge is -2.33. The molecule has 2 aliphatic rings. The van der Waals surface area contributed by atoms with Crippen LogP contribution in [0.25, 0.3) is 0 Å². The van der Waals surface area contributed by atoms with E-state index >= 15 is 0 Å². The normalized spacial score (nSPS) is 19.4. The van der Waals surface area contributed by atoms with Crippen molar-refractivity contribution in [1.82, 2.24) is 4.90 Å². The minimum atomic E-state index is -0.0761. The highest BCUT2D eigenvalue weighted by molar-refractivity contribution is 6.40. The highest BCUT2D eigenvalue weighted by Crippen LogP contribution is 2.21. The first kappa shape index (κ1) is 16.6. The van der Waals surface area contributed by atoms with Crippen molar-refractivity contribution < 1.29 is 14.3 Å². The van der Waals surface area contributed by atoms with Gasteiger partial charge >= 0.3 is 0 Å². The fourth-order valence-corrected chi connectivity index (χ4v) is 3.12. The molecule has 0 aliphatic carbocycles. The second-order valence-electron chi connectivity index (χ2n) is 6.03. The second kappa shape index (κ2) is 7.57. The maximum atomic E-state index is 12.7. The van der Waals surface area contributed by atoms with Crippen molar-refractivity contribution in [3.05, 3.63) is 30.3 Å². The molecule has 0 N–H and O–H groups in total. The highest BCUT2D eigenvalue weighted by atomic mass is 16.5. The van der Waals surface area contributed by atoms with Gasteiger partial charge in [-0.15, -0.1) is 0 Å². The summed E-state index contributed by atoms with van der Waals surface area (Å²) in [7, 11) is 0. The fraction of sp³-hybridized carbons (Fsp3) is 0.500. The monoisotopic (exact) mass is 329 g/mol. The molecule has 24 heavy (non-hydrogen) atoms. The van der Waals surface area contributed by atoms with Gasteiger partial charge in [0.2, 0.25) is 5.91 Å². The minimum Gasteiger partial charge on any atom is -0.378 e. The largest absolute Gasteiger partial charge is 0.378 e. The topological polar surface area (TPSA) is 62.2 Å². The maximum Gasteiger partial charge on any atom is 0.270 e. The van der Waals surface area contributed by atoms with Gasteiger partial charge in [-0.3, -0.25) is 9.59 Å². The molecule has 0 aromatic heterocycles. The molecule has 3 rings (SSSR count). The van der Waals surface area contributed by atoms with Gasteiger partial charge in [-0.05, 0) is 31.9 Å². The number of carbonyl (C=O) groups is 2. The van der Waals surface area contributed by atoms with Gasteiger partial charge < -0.3 is 9.64 Å². The van der Waals surface area contributed by atoms with Gasteiger partial charge in [-0.25, -0.2) is 5.01 Å². The number of nitrogens with zero attached hydrogens (tertiary/aromatic N) is 3. The molecule has 2 aliphatic heterocycles. The van der Waals surface area contributed by atoms with Crippen LogP contribution in [0.1, 0.15) is 32.6 Å². The summed E-state index contributed by atoms with van der Waals surface area (Å²) in [5, 5.41) is 5.69. The lowest BCUT2D eigenvalue weighted by atomic mass is 10.1. The molecule has 128 valence electrons. The summed E-state index contributed by atoms with van der Waals surface area (Å²) >= 11 is 0. The fourth-order valence-electron chi connectivity index (χ4n) is 3.12. The van der Waals surface area contributed by atoms with E-state index in [9.17, 15) is 9.59 Å². The van der Waals surface area contributed by atoms with Crippen LogP contribution in [0.3, 0.4) is 0 Å². The number of hydrogen-bond acceptors (Lipinski definition) is 4. The molecular formula is C18H23N3O3. The average Bonchev–Trinajstić information content (AvgIpc) is 2.63.